The first-order valence-corrected chi connectivity index (χ1v) is 9.66. The van der Waals surface area contributed by atoms with Crippen molar-refractivity contribution in [2.75, 3.05) is 21.0 Å². The predicted molar refractivity (Wildman–Crippen MR) is 94.6 cm³/mol. The van der Waals surface area contributed by atoms with E-state index in [2.05, 4.69) is 11.7 Å². The van der Waals surface area contributed by atoms with Gasteiger partial charge in [0, 0.05) is 7.11 Å². The first-order valence-electron chi connectivity index (χ1n) is 8.18. The van der Waals surface area contributed by atoms with Gasteiger partial charge in [0.15, 0.2) is 4.91 Å². The van der Waals surface area contributed by atoms with Crippen molar-refractivity contribution in [3.05, 3.63) is 41.3 Å². The third kappa shape index (κ3) is 6.61. The lowest BCUT2D eigenvalue weighted by atomic mass is 10.1. The molecule has 0 unspecified atom stereocenters. The Bertz CT molecular complexity index is 651. The molecule has 1 atom stereocenters. The normalized spacial score (nSPS) is 13.5. The lowest BCUT2D eigenvalue weighted by molar-refractivity contribution is -0.135. The zero-order chi connectivity index (χ0) is 18.7. The van der Waals surface area contributed by atoms with Gasteiger partial charge in [-0.05, 0) is 24.6 Å². The molecular weight excluding hydrogens is 344 g/mol. The maximum atomic E-state index is 12.8. The van der Waals surface area contributed by atoms with Gasteiger partial charge in [-0.3, -0.25) is 0 Å². The number of hydrogen-bond acceptors (Lipinski definition) is 6. The Kier molecular flexibility index (Phi) is 9.41. The number of hydrogen-bond donors (Lipinski definition) is 0. The van der Waals surface area contributed by atoms with Gasteiger partial charge in [0.1, 0.15) is 6.79 Å². The Hall–Kier alpha value is -1.70. The summed E-state index contributed by atoms with van der Waals surface area (Å²) in [6.45, 7) is 2.08. The van der Waals surface area contributed by atoms with Gasteiger partial charge in [0.25, 0.3) is 0 Å². The van der Waals surface area contributed by atoms with Crippen LogP contribution in [0.3, 0.4) is 0 Å². The molecule has 0 amide bonds. The van der Waals surface area contributed by atoms with Gasteiger partial charge < -0.3 is 14.2 Å². The van der Waals surface area contributed by atoms with Crippen molar-refractivity contribution in [1.29, 1.82) is 0 Å². The molecule has 0 aliphatic heterocycles. The summed E-state index contributed by atoms with van der Waals surface area (Å²) < 4.78 is 40.7. The minimum Gasteiger partial charge on any atom is -0.465 e. The van der Waals surface area contributed by atoms with Gasteiger partial charge >= 0.3 is 5.97 Å². The molecule has 0 saturated heterocycles. The van der Waals surface area contributed by atoms with Crippen LogP contribution in [0.4, 0.5) is 0 Å². The van der Waals surface area contributed by atoms with Crippen LogP contribution in [0.2, 0.25) is 0 Å². The molecule has 0 heterocycles. The predicted octanol–water partition coefficient (Wildman–Crippen LogP) is 3.09. The Morgan fingerprint density at radius 3 is 2.40 bits per heavy atom. The Balaban J connectivity index is 3.20. The van der Waals surface area contributed by atoms with Crippen molar-refractivity contribution < 1.29 is 27.4 Å². The molecule has 0 bridgehead atoms. The summed E-state index contributed by atoms with van der Waals surface area (Å²) in [5.74, 6) is -0.912. The lowest BCUT2D eigenvalue weighted by Gasteiger charge is -2.16. The molecule has 0 fully saturated rings. The van der Waals surface area contributed by atoms with Crippen LogP contribution in [0.5, 0.6) is 0 Å². The van der Waals surface area contributed by atoms with Gasteiger partial charge in [-0.15, -0.1) is 0 Å². The van der Waals surface area contributed by atoms with E-state index in [1.807, 2.05) is 0 Å². The number of rotatable bonds is 11. The van der Waals surface area contributed by atoms with Crippen molar-refractivity contribution in [1.82, 2.24) is 0 Å². The highest BCUT2D eigenvalue weighted by atomic mass is 32.2. The monoisotopic (exact) mass is 370 g/mol. The van der Waals surface area contributed by atoms with Crippen LogP contribution < -0.4 is 0 Å². The second-order valence-electron chi connectivity index (χ2n) is 5.45. The van der Waals surface area contributed by atoms with Crippen molar-refractivity contribution in [2.45, 2.75) is 43.6 Å². The highest BCUT2D eigenvalue weighted by molar-refractivity contribution is 7.96. The average molecular weight is 370 g/mol. The Morgan fingerprint density at radius 1 is 1.16 bits per heavy atom. The molecule has 0 radical (unpaired) electrons. The van der Waals surface area contributed by atoms with Crippen molar-refractivity contribution >= 4 is 15.8 Å². The molecule has 0 saturated carbocycles. The van der Waals surface area contributed by atoms with E-state index in [9.17, 15) is 13.2 Å². The molecule has 0 aliphatic rings. The van der Waals surface area contributed by atoms with Crippen LogP contribution in [0.1, 0.15) is 32.6 Å². The smallest absolute Gasteiger partial charge is 0.349 e. The molecule has 0 aromatic heterocycles. The molecule has 0 spiro atoms. The van der Waals surface area contributed by atoms with Crippen LogP contribution in [0.15, 0.2) is 46.2 Å². The van der Waals surface area contributed by atoms with Crippen molar-refractivity contribution in [3.8, 4) is 0 Å². The van der Waals surface area contributed by atoms with Gasteiger partial charge in [-0.25, -0.2) is 13.2 Å². The van der Waals surface area contributed by atoms with E-state index in [0.717, 1.165) is 26.4 Å². The lowest BCUT2D eigenvalue weighted by Crippen LogP contribution is -2.20. The van der Waals surface area contributed by atoms with Crippen LogP contribution >= 0.6 is 0 Å². The third-order valence-corrected chi connectivity index (χ3v) is 5.33. The fourth-order valence-corrected chi connectivity index (χ4v) is 3.63. The first-order chi connectivity index (χ1) is 12.0. The molecule has 7 heteroatoms. The SMILES string of the molecule is CCCCC[C@@H](/C=C(\C(=O)OC)S(=O)(=O)c1ccccc1)OCOC. The summed E-state index contributed by atoms with van der Waals surface area (Å²) >= 11 is 0. The summed E-state index contributed by atoms with van der Waals surface area (Å²) in [6.07, 6.45) is 4.21. The summed E-state index contributed by atoms with van der Waals surface area (Å²) in [6, 6.07) is 7.78. The summed E-state index contributed by atoms with van der Waals surface area (Å²) in [5.41, 5.74) is 0. The van der Waals surface area contributed by atoms with E-state index in [1.54, 1.807) is 18.2 Å². The maximum absolute atomic E-state index is 12.8. The zero-order valence-electron chi connectivity index (χ0n) is 14.9. The Morgan fingerprint density at radius 2 is 1.84 bits per heavy atom. The van der Waals surface area contributed by atoms with Gasteiger partial charge in [0.05, 0.1) is 18.1 Å². The van der Waals surface area contributed by atoms with E-state index >= 15 is 0 Å². The molecule has 1 aromatic carbocycles. The van der Waals surface area contributed by atoms with Crippen LogP contribution in [-0.4, -0.2) is 41.5 Å². The quantitative estimate of drug-likeness (QED) is 0.258. The molecule has 6 nitrogen and oxygen atoms in total. The first kappa shape index (κ1) is 21.3. The number of carbonyl (C=O) groups is 1. The molecule has 1 aromatic rings. The number of methoxy groups -OCH3 is 2. The minimum atomic E-state index is -4.00. The van der Waals surface area contributed by atoms with E-state index in [-0.39, 0.29) is 11.7 Å². The summed E-state index contributed by atoms with van der Waals surface area (Å²) in [7, 11) is -1.36. The number of benzene rings is 1. The molecule has 140 valence electrons. The highest BCUT2D eigenvalue weighted by Gasteiger charge is 2.29. The largest absolute Gasteiger partial charge is 0.465 e. The number of sulfone groups is 1. The molecule has 25 heavy (non-hydrogen) atoms. The zero-order valence-corrected chi connectivity index (χ0v) is 15.8. The number of unbranched alkanes of at least 4 members (excludes halogenated alkanes) is 2. The van der Waals surface area contributed by atoms with E-state index in [1.165, 1.54) is 25.3 Å². The highest BCUT2D eigenvalue weighted by Crippen LogP contribution is 2.22. The van der Waals surface area contributed by atoms with Crippen molar-refractivity contribution in [2.24, 2.45) is 0 Å². The number of esters is 1. The summed E-state index contributed by atoms with van der Waals surface area (Å²) in [5, 5.41) is 0. The minimum absolute atomic E-state index is 0.00707. The fraction of sp³-hybridized carbons (Fsp3) is 0.500. The second kappa shape index (κ2) is 11.0. The summed E-state index contributed by atoms with van der Waals surface area (Å²) in [4.78, 5) is 11.7. The van der Waals surface area contributed by atoms with Gasteiger partial charge in [-0.1, -0.05) is 44.4 Å². The maximum Gasteiger partial charge on any atom is 0.349 e. The van der Waals surface area contributed by atoms with E-state index in [0.29, 0.717) is 6.42 Å². The third-order valence-electron chi connectivity index (χ3n) is 3.56. The average Bonchev–Trinajstić information content (AvgIpc) is 2.63. The Labute approximate surface area is 149 Å². The molecule has 1 rings (SSSR count). The fourth-order valence-electron chi connectivity index (χ4n) is 2.23. The van der Waals surface area contributed by atoms with E-state index < -0.39 is 26.8 Å². The second-order valence-corrected chi connectivity index (χ2v) is 7.36. The van der Waals surface area contributed by atoms with Gasteiger partial charge in [0.2, 0.25) is 9.84 Å². The van der Waals surface area contributed by atoms with Crippen LogP contribution in [0, 0.1) is 0 Å². The number of ether oxygens (including phenoxy) is 3. The van der Waals surface area contributed by atoms with Crippen LogP contribution in [-0.2, 0) is 28.8 Å². The molecule has 0 N–H and O–H groups in total. The van der Waals surface area contributed by atoms with E-state index in [4.69, 9.17) is 9.47 Å². The number of carbonyl (C=O) groups excluding carboxylic acids is 1. The van der Waals surface area contributed by atoms with Crippen molar-refractivity contribution in [3.63, 3.8) is 0 Å². The van der Waals surface area contributed by atoms with Gasteiger partial charge in [-0.2, -0.15) is 0 Å². The topological polar surface area (TPSA) is 78.9 Å². The van der Waals surface area contributed by atoms with Crippen LogP contribution in [0.25, 0.3) is 0 Å². The molecular formula is C18H26O6S. The molecule has 0 aliphatic carbocycles. The standard InChI is InChI=1S/C18H26O6S/c1-4-5-7-10-15(24-14-22-2)13-17(18(19)23-3)25(20,21)16-11-8-6-9-12-16/h6,8-9,11-13,15H,4-5,7,10,14H2,1-3H3/b17-13+/t15-/m0/s1.